The van der Waals surface area contributed by atoms with Crippen LogP contribution in [0.25, 0.3) is 0 Å². The fraction of sp³-hybridized carbons (Fsp3) is 0.667. The Bertz CT molecular complexity index is 94.9. The molecular formula is C3H4INO2. The van der Waals surface area contributed by atoms with Gasteiger partial charge in [-0.05, 0) is 0 Å². The topological polar surface area (TPSA) is 38.3 Å². The minimum absolute atomic E-state index is 0.171. The van der Waals surface area contributed by atoms with Crippen molar-refractivity contribution in [1.29, 1.82) is 0 Å². The van der Waals surface area contributed by atoms with Gasteiger partial charge in [-0.1, -0.05) is 22.6 Å². The van der Waals surface area contributed by atoms with E-state index in [0.29, 0.717) is 6.61 Å². The van der Waals surface area contributed by atoms with E-state index in [1.54, 1.807) is 0 Å². The predicted molar refractivity (Wildman–Crippen MR) is 32.3 cm³/mol. The van der Waals surface area contributed by atoms with Crippen molar-refractivity contribution in [3.8, 4) is 0 Å². The lowest BCUT2D eigenvalue weighted by Crippen LogP contribution is -2.18. The van der Waals surface area contributed by atoms with E-state index in [-0.39, 0.29) is 10.1 Å². The summed E-state index contributed by atoms with van der Waals surface area (Å²) in [5.74, 6) is 0. The number of alkyl carbamates (subject to hydrolysis) is 1. The molecule has 1 atom stereocenters. The number of ether oxygens (including phenoxy) is 1. The molecule has 40 valence electrons. The average molecular weight is 213 g/mol. The molecule has 4 heteroatoms. The van der Waals surface area contributed by atoms with Gasteiger partial charge < -0.3 is 10.1 Å². The highest BCUT2D eigenvalue weighted by molar-refractivity contribution is 14.1. The van der Waals surface area contributed by atoms with E-state index in [0.717, 1.165) is 0 Å². The number of halogens is 1. The van der Waals surface area contributed by atoms with Gasteiger partial charge >= 0.3 is 6.09 Å². The Labute approximate surface area is 54.6 Å². The van der Waals surface area contributed by atoms with Crippen LogP contribution in [0.1, 0.15) is 0 Å². The molecule has 0 bridgehead atoms. The van der Waals surface area contributed by atoms with E-state index in [1.165, 1.54) is 0 Å². The molecule has 0 unspecified atom stereocenters. The Morgan fingerprint density at radius 3 is 2.86 bits per heavy atom. The van der Waals surface area contributed by atoms with Crippen molar-refractivity contribution in [2.24, 2.45) is 0 Å². The molecule has 1 saturated heterocycles. The number of cyclic esters (lactones) is 1. The first-order valence-electron chi connectivity index (χ1n) is 1.86. The molecule has 0 aromatic carbocycles. The van der Waals surface area contributed by atoms with E-state index in [9.17, 15) is 4.79 Å². The van der Waals surface area contributed by atoms with Crippen LogP contribution in [-0.4, -0.2) is 16.7 Å². The van der Waals surface area contributed by atoms with Crippen LogP contribution in [0, 0.1) is 0 Å². The third-order valence-electron chi connectivity index (χ3n) is 0.635. The van der Waals surface area contributed by atoms with Crippen molar-refractivity contribution in [3.05, 3.63) is 0 Å². The SMILES string of the molecule is O=C1N[C@H](I)CO1. The zero-order valence-corrected chi connectivity index (χ0v) is 5.64. The number of rotatable bonds is 0. The molecule has 0 aliphatic carbocycles. The Morgan fingerprint density at radius 2 is 2.71 bits per heavy atom. The van der Waals surface area contributed by atoms with Gasteiger partial charge in [0.15, 0.2) is 0 Å². The molecule has 0 aromatic rings. The molecule has 3 nitrogen and oxygen atoms in total. The summed E-state index contributed by atoms with van der Waals surface area (Å²) in [6, 6.07) is 0. The summed E-state index contributed by atoms with van der Waals surface area (Å²) >= 11 is 2.09. The van der Waals surface area contributed by atoms with Gasteiger partial charge in [-0.3, -0.25) is 0 Å². The highest BCUT2D eigenvalue weighted by Crippen LogP contribution is 2.03. The molecular weight excluding hydrogens is 209 g/mol. The molecule has 1 amide bonds. The molecule has 0 radical (unpaired) electrons. The van der Waals surface area contributed by atoms with Crippen LogP contribution in [0.3, 0.4) is 0 Å². The molecule has 0 saturated carbocycles. The van der Waals surface area contributed by atoms with Crippen molar-refractivity contribution >= 4 is 28.7 Å². The maximum Gasteiger partial charge on any atom is 0.408 e. The van der Waals surface area contributed by atoms with Crippen LogP contribution in [0.4, 0.5) is 4.79 Å². The lowest BCUT2D eigenvalue weighted by molar-refractivity contribution is 0.178. The average Bonchev–Trinajstić information content (AvgIpc) is 1.87. The molecule has 1 N–H and O–H groups in total. The number of amides is 1. The van der Waals surface area contributed by atoms with Crippen LogP contribution in [-0.2, 0) is 4.74 Å². The van der Waals surface area contributed by atoms with Gasteiger partial charge in [0.1, 0.15) is 10.7 Å². The van der Waals surface area contributed by atoms with Crippen LogP contribution >= 0.6 is 22.6 Å². The first-order valence-corrected chi connectivity index (χ1v) is 3.11. The van der Waals surface area contributed by atoms with Gasteiger partial charge in [0, 0.05) is 0 Å². The van der Waals surface area contributed by atoms with Gasteiger partial charge in [0.05, 0.1) is 0 Å². The normalized spacial score (nSPS) is 29.3. The van der Waals surface area contributed by atoms with E-state index < -0.39 is 0 Å². The smallest absolute Gasteiger partial charge is 0.408 e. The monoisotopic (exact) mass is 213 g/mol. The Balaban J connectivity index is 2.40. The predicted octanol–water partition coefficient (Wildman–Crippen LogP) is 0.487. The van der Waals surface area contributed by atoms with Crippen molar-refractivity contribution in [2.45, 2.75) is 4.05 Å². The number of carbonyl (C=O) groups is 1. The second-order valence-corrected chi connectivity index (χ2v) is 2.71. The van der Waals surface area contributed by atoms with Gasteiger partial charge in [0.2, 0.25) is 0 Å². The number of hydrogen-bond donors (Lipinski definition) is 1. The van der Waals surface area contributed by atoms with Crippen molar-refractivity contribution in [2.75, 3.05) is 6.61 Å². The summed E-state index contributed by atoms with van der Waals surface area (Å²) in [6.45, 7) is 0.499. The van der Waals surface area contributed by atoms with E-state index in [2.05, 4.69) is 32.6 Å². The van der Waals surface area contributed by atoms with Crippen LogP contribution in [0.2, 0.25) is 0 Å². The number of nitrogens with one attached hydrogen (secondary N) is 1. The maximum absolute atomic E-state index is 10.1. The van der Waals surface area contributed by atoms with Crippen LogP contribution < -0.4 is 5.32 Å². The number of carbonyl (C=O) groups excluding carboxylic acids is 1. The molecule has 1 rings (SSSR count). The van der Waals surface area contributed by atoms with Crippen LogP contribution in [0.5, 0.6) is 0 Å². The standard InChI is InChI=1S/C3H4INO2/c4-2-1-7-3(6)5-2/h2H,1H2,(H,5,6)/t2-/m0/s1. The Morgan fingerprint density at radius 1 is 2.00 bits per heavy atom. The third-order valence-corrected chi connectivity index (χ3v) is 1.31. The second-order valence-electron chi connectivity index (χ2n) is 1.21. The number of alkyl halides is 1. The quantitative estimate of drug-likeness (QED) is 0.361. The van der Waals surface area contributed by atoms with E-state index >= 15 is 0 Å². The van der Waals surface area contributed by atoms with E-state index in [4.69, 9.17) is 0 Å². The fourth-order valence-electron chi connectivity index (χ4n) is 0.360. The summed E-state index contributed by atoms with van der Waals surface area (Å²) in [5.41, 5.74) is 0. The minimum Gasteiger partial charge on any atom is -0.446 e. The Hall–Kier alpha value is -0.0000000000000000555. The third kappa shape index (κ3) is 1.19. The van der Waals surface area contributed by atoms with Gasteiger partial charge in [-0.15, -0.1) is 0 Å². The molecule has 1 aliphatic rings. The van der Waals surface area contributed by atoms with Gasteiger partial charge in [-0.2, -0.15) is 0 Å². The van der Waals surface area contributed by atoms with Crippen molar-refractivity contribution in [3.63, 3.8) is 0 Å². The summed E-state index contributed by atoms with van der Waals surface area (Å²) in [4.78, 5) is 10.1. The number of hydrogen-bond acceptors (Lipinski definition) is 2. The summed E-state index contributed by atoms with van der Waals surface area (Å²) < 4.78 is 4.68. The summed E-state index contributed by atoms with van der Waals surface area (Å²) in [7, 11) is 0. The molecule has 7 heavy (non-hydrogen) atoms. The van der Waals surface area contributed by atoms with Crippen molar-refractivity contribution in [1.82, 2.24) is 5.32 Å². The zero-order valence-electron chi connectivity index (χ0n) is 3.48. The van der Waals surface area contributed by atoms with Crippen molar-refractivity contribution < 1.29 is 9.53 Å². The lowest BCUT2D eigenvalue weighted by Gasteiger charge is -1.87. The molecule has 1 aliphatic heterocycles. The Kier molecular flexibility index (Phi) is 1.36. The molecule has 1 fully saturated rings. The summed E-state index contributed by atoms with van der Waals surface area (Å²) in [5, 5.41) is 2.54. The van der Waals surface area contributed by atoms with Gasteiger partial charge in [-0.25, -0.2) is 4.79 Å². The minimum atomic E-state index is -0.306. The zero-order chi connectivity index (χ0) is 5.28. The highest BCUT2D eigenvalue weighted by atomic mass is 127. The van der Waals surface area contributed by atoms with E-state index in [1.807, 2.05) is 0 Å². The lowest BCUT2D eigenvalue weighted by atomic mass is 10.7. The van der Waals surface area contributed by atoms with Crippen LogP contribution in [0.15, 0.2) is 0 Å². The second kappa shape index (κ2) is 1.85. The highest BCUT2D eigenvalue weighted by Gasteiger charge is 2.17. The first-order chi connectivity index (χ1) is 3.29. The molecule has 1 heterocycles. The maximum atomic E-state index is 10.1. The molecule has 0 spiro atoms. The summed E-state index contributed by atoms with van der Waals surface area (Å²) in [6.07, 6.45) is -0.306. The largest absolute Gasteiger partial charge is 0.446 e. The van der Waals surface area contributed by atoms with Gasteiger partial charge in [0.25, 0.3) is 0 Å². The first kappa shape index (κ1) is 5.14. The fourth-order valence-corrected chi connectivity index (χ4v) is 0.794. The molecule has 0 aromatic heterocycles.